The Morgan fingerprint density at radius 3 is 2.62 bits per heavy atom. The average molecular weight is 563 g/mol. The number of fused-ring (bicyclic) bond motifs is 1. The number of pyridine rings is 2. The smallest absolute Gasteiger partial charge is 0.215 e. The quantitative estimate of drug-likeness (QED) is 0.113. The molecule has 0 spiro atoms. The molecule has 1 saturated carbocycles. The van der Waals surface area contributed by atoms with E-state index in [1.165, 1.54) is 25.7 Å². The van der Waals surface area contributed by atoms with Crippen LogP contribution in [-0.4, -0.2) is 48.7 Å². The molecule has 206 valence electrons. The van der Waals surface area contributed by atoms with Crippen molar-refractivity contribution in [1.82, 2.24) is 20.2 Å². The minimum absolute atomic E-state index is 0.386. The van der Waals surface area contributed by atoms with E-state index in [0.29, 0.717) is 12.6 Å². The van der Waals surface area contributed by atoms with Crippen molar-refractivity contribution in [3.63, 3.8) is 0 Å². The van der Waals surface area contributed by atoms with Crippen LogP contribution in [0.5, 0.6) is 5.75 Å². The summed E-state index contributed by atoms with van der Waals surface area (Å²) in [6.07, 6.45) is 6.77. The van der Waals surface area contributed by atoms with E-state index in [-0.39, 0.29) is 0 Å². The summed E-state index contributed by atoms with van der Waals surface area (Å²) in [6.45, 7) is 10.3. The second-order valence-electron chi connectivity index (χ2n) is 11.5. The minimum atomic E-state index is -1.19. The van der Waals surface area contributed by atoms with E-state index in [1.54, 1.807) is 18.4 Å². The number of nitrogens with zero attached hydrogens (tertiary/aromatic N) is 5. The van der Waals surface area contributed by atoms with E-state index < -0.39 is 8.07 Å². The fourth-order valence-electron chi connectivity index (χ4n) is 4.75. The van der Waals surface area contributed by atoms with Gasteiger partial charge in [-0.1, -0.05) is 43.8 Å². The highest BCUT2D eigenvalue weighted by Crippen LogP contribution is 2.38. The minimum Gasteiger partial charge on any atom is -0.497 e. The van der Waals surface area contributed by atoms with E-state index in [1.807, 2.05) is 48.4 Å². The van der Waals surface area contributed by atoms with Gasteiger partial charge >= 0.3 is 0 Å². The molecule has 4 aromatic rings. The summed E-state index contributed by atoms with van der Waals surface area (Å²) in [4.78, 5) is 11.7. The Hall–Kier alpha value is -3.08. The predicted octanol–water partition coefficient (Wildman–Crippen LogP) is 7.65. The first-order valence-electron chi connectivity index (χ1n) is 13.7. The molecule has 8 nitrogen and oxygen atoms in total. The van der Waals surface area contributed by atoms with Gasteiger partial charge in [0, 0.05) is 32.4 Å². The second kappa shape index (κ2) is 12.0. The third-order valence-electron chi connectivity index (χ3n) is 6.96. The maximum atomic E-state index is 6.18. The van der Waals surface area contributed by atoms with Gasteiger partial charge in [0.25, 0.3) is 0 Å². The number of rotatable bonds is 11. The SMILES string of the molecule is COc1cc(C)cc(Nc2cnc3ccc(N(COCC[Si](C)(C)C)c4nnc(C5CCCC5)s4)nc3c2)c1. The van der Waals surface area contributed by atoms with Crippen LogP contribution in [0.3, 0.4) is 0 Å². The number of hydrogen-bond acceptors (Lipinski definition) is 9. The van der Waals surface area contributed by atoms with Crippen LogP contribution >= 0.6 is 11.3 Å². The van der Waals surface area contributed by atoms with Gasteiger partial charge in [-0.05, 0) is 61.7 Å². The van der Waals surface area contributed by atoms with Crippen molar-refractivity contribution < 1.29 is 9.47 Å². The molecule has 3 aromatic heterocycles. The fraction of sp³-hybridized carbons (Fsp3) is 0.448. The van der Waals surface area contributed by atoms with Crippen LogP contribution in [0.1, 0.15) is 42.2 Å². The molecular formula is C29H38N6O2SSi. The van der Waals surface area contributed by atoms with Crippen LogP contribution in [0, 0.1) is 6.92 Å². The third kappa shape index (κ3) is 7.12. The lowest BCUT2D eigenvalue weighted by molar-refractivity contribution is 0.153. The first-order chi connectivity index (χ1) is 18.8. The Bertz CT molecular complexity index is 1420. The monoisotopic (exact) mass is 562 g/mol. The number of benzene rings is 1. The van der Waals surface area contributed by atoms with E-state index in [9.17, 15) is 0 Å². The number of methoxy groups -OCH3 is 1. The molecule has 39 heavy (non-hydrogen) atoms. The Labute approximate surface area is 235 Å². The van der Waals surface area contributed by atoms with Gasteiger partial charge in [-0.2, -0.15) is 0 Å². The van der Waals surface area contributed by atoms with Crippen molar-refractivity contribution in [2.45, 2.75) is 64.2 Å². The molecule has 0 bridgehead atoms. The van der Waals surface area contributed by atoms with Crippen LogP contribution in [0.25, 0.3) is 11.0 Å². The van der Waals surface area contributed by atoms with Gasteiger partial charge in [0.05, 0.1) is 30.0 Å². The number of aryl methyl sites for hydroxylation is 1. The summed E-state index contributed by atoms with van der Waals surface area (Å²) in [5, 5.41) is 14.6. The normalized spacial score (nSPS) is 14.2. The van der Waals surface area contributed by atoms with Gasteiger partial charge in [0.15, 0.2) is 0 Å². The van der Waals surface area contributed by atoms with Crippen molar-refractivity contribution in [3.05, 3.63) is 53.2 Å². The maximum absolute atomic E-state index is 6.18. The summed E-state index contributed by atoms with van der Waals surface area (Å²) in [7, 11) is 0.484. The molecule has 3 heterocycles. The highest BCUT2D eigenvalue weighted by Gasteiger charge is 2.24. The lowest BCUT2D eigenvalue weighted by atomic mass is 10.1. The third-order valence-corrected chi connectivity index (χ3v) is 9.77. The van der Waals surface area contributed by atoms with Gasteiger partial charge in [-0.25, -0.2) is 4.98 Å². The van der Waals surface area contributed by atoms with E-state index in [4.69, 9.17) is 14.5 Å². The van der Waals surface area contributed by atoms with Crippen molar-refractivity contribution in [3.8, 4) is 5.75 Å². The molecule has 0 aliphatic heterocycles. The zero-order valence-electron chi connectivity index (χ0n) is 23.5. The molecule has 0 saturated heterocycles. The van der Waals surface area contributed by atoms with Crippen LogP contribution in [-0.2, 0) is 4.74 Å². The highest BCUT2D eigenvalue weighted by atomic mass is 32.1. The number of hydrogen-bond donors (Lipinski definition) is 1. The van der Waals surface area contributed by atoms with Crippen LogP contribution in [0.15, 0.2) is 42.6 Å². The first-order valence-corrected chi connectivity index (χ1v) is 18.2. The van der Waals surface area contributed by atoms with Crippen molar-refractivity contribution in [1.29, 1.82) is 0 Å². The van der Waals surface area contributed by atoms with Gasteiger partial charge in [-0.15, -0.1) is 10.2 Å². The molecule has 5 rings (SSSR count). The highest BCUT2D eigenvalue weighted by molar-refractivity contribution is 7.15. The zero-order chi connectivity index (χ0) is 27.4. The van der Waals surface area contributed by atoms with Gasteiger partial charge in [0.1, 0.15) is 23.3 Å². The Morgan fingerprint density at radius 2 is 1.85 bits per heavy atom. The molecule has 1 aliphatic carbocycles. The number of ether oxygens (including phenoxy) is 2. The van der Waals surface area contributed by atoms with Gasteiger partial charge in [0.2, 0.25) is 5.13 Å². The molecular weight excluding hydrogens is 525 g/mol. The summed E-state index contributed by atoms with van der Waals surface area (Å²) in [5.41, 5.74) is 4.54. The molecule has 1 aromatic carbocycles. The van der Waals surface area contributed by atoms with E-state index >= 15 is 0 Å². The maximum Gasteiger partial charge on any atom is 0.215 e. The molecule has 1 N–H and O–H groups in total. The molecule has 10 heteroatoms. The van der Waals surface area contributed by atoms with E-state index in [0.717, 1.165) is 62.3 Å². The molecule has 1 fully saturated rings. The van der Waals surface area contributed by atoms with Crippen molar-refractivity contribution in [2.75, 3.05) is 30.7 Å². The van der Waals surface area contributed by atoms with Crippen LogP contribution in [0.4, 0.5) is 22.3 Å². The van der Waals surface area contributed by atoms with Crippen LogP contribution in [0.2, 0.25) is 25.7 Å². The molecule has 1 aliphatic rings. The Balaban J connectivity index is 1.42. The van der Waals surface area contributed by atoms with Gasteiger partial charge < -0.3 is 14.8 Å². The number of anilines is 4. The Morgan fingerprint density at radius 1 is 1.03 bits per heavy atom. The topological polar surface area (TPSA) is 85.3 Å². The predicted molar refractivity (Wildman–Crippen MR) is 163 cm³/mol. The molecule has 0 atom stereocenters. The molecule has 0 radical (unpaired) electrons. The number of aromatic nitrogens is 4. The summed E-state index contributed by atoms with van der Waals surface area (Å²) < 4.78 is 11.6. The lowest BCUT2D eigenvalue weighted by Gasteiger charge is -2.22. The largest absolute Gasteiger partial charge is 0.497 e. The number of nitrogens with one attached hydrogen (secondary N) is 1. The Kier molecular flexibility index (Phi) is 8.44. The van der Waals surface area contributed by atoms with Crippen LogP contribution < -0.4 is 15.0 Å². The van der Waals surface area contributed by atoms with Crippen molar-refractivity contribution in [2.24, 2.45) is 0 Å². The summed E-state index contributed by atoms with van der Waals surface area (Å²) in [6, 6.07) is 13.2. The second-order valence-corrected chi connectivity index (χ2v) is 18.1. The molecule has 0 amide bonds. The standard InChI is InChI=1S/C29H38N6O2SSi/c1-20-14-22(16-24(15-20)36-2)31-23-17-26-25(30-18-23)10-11-27(32-26)35(19-37-12-13-39(3,4)5)29-34-33-28(38-29)21-8-6-7-9-21/h10-11,14-18,21,31H,6-9,12-13,19H2,1-5H3. The lowest BCUT2D eigenvalue weighted by Crippen LogP contribution is -2.26. The fourth-order valence-corrected chi connectivity index (χ4v) is 6.51. The summed E-state index contributed by atoms with van der Waals surface area (Å²) in [5.74, 6) is 2.11. The van der Waals surface area contributed by atoms with E-state index in [2.05, 4.69) is 46.2 Å². The summed E-state index contributed by atoms with van der Waals surface area (Å²) >= 11 is 1.66. The average Bonchev–Trinajstić information content (AvgIpc) is 3.60. The van der Waals surface area contributed by atoms with Crippen molar-refractivity contribution >= 4 is 52.8 Å². The zero-order valence-corrected chi connectivity index (χ0v) is 25.3. The van der Waals surface area contributed by atoms with Gasteiger partial charge in [-0.3, -0.25) is 9.88 Å². The first kappa shape index (κ1) is 27.5. The molecule has 0 unspecified atom stereocenters.